The molecule has 0 bridgehead atoms. The Balaban J connectivity index is 1.23. The third-order valence-corrected chi connectivity index (χ3v) is 10.6. The van der Waals surface area contributed by atoms with Crippen LogP contribution >= 0.6 is 0 Å². The first-order valence-electron chi connectivity index (χ1n) is 13.7. The Morgan fingerprint density at radius 3 is 2.37 bits per heavy atom. The van der Waals surface area contributed by atoms with E-state index in [2.05, 4.69) is 20.3 Å². The number of anilines is 3. The van der Waals surface area contributed by atoms with Crippen molar-refractivity contribution >= 4 is 33.3 Å². The Morgan fingerprint density at radius 2 is 1.76 bits per heavy atom. The molecule has 0 atom stereocenters. The Kier molecular flexibility index (Phi) is 6.20. The molecule has 3 saturated carbocycles. The van der Waals surface area contributed by atoms with Crippen molar-refractivity contribution in [2.45, 2.75) is 80.7 Å². The second-order valence-electron chi connectivity index (χ2n) is 12.1. The van der Waals surface area contributed by atoms with Gasteiger partial charge < -0.3 is 20.6 Å². The summed E-state index contributed by atoms with van der Waals surface area (Å²) in [6.45, 7) is 3.66. The summed E-state index contributed by atoms with van der Waals surface area (Å²) < 4.78 is 28.8. The predicted octanol–water partition coefficient (Wildman–Crippen LogP) is 3.87. The monoisotopic (exact) mass is 539 g/mol. The number of hydrogen-bond donors (Lipinski definition) is 4. The van der Waals surface area contributed by atoms with E-state index in [1.54, 1.807) is 30.3 Å². The Bertz CT molecular complexity index is 1340. The van der Waals surface area contributed by atoms with Crippen LogP contribution < -0.4 is 20.3 Å². The first-order chi connectivity index (χ1) is 18.1. The minimum absolute atomic E-state index is 0.0474. The SMILES string of the molecule is CC1(NS(=O)(=O)c2cccc(NC(=O)c3ccc(NC4(CO)CC4)nc3N3CCC4(CC3)CC4)c2)CCC1. The van der Waals surface area contributed by atoms with Gasteiger partial charge in [0.1, 0.15) is 11.6 Å². The number of aliphatic hydroxyl groups is 1. The first kappa shape index (κ1) is 25.6. The third-order valence-electron chi connectivity index (χ3n) is 8.99. The van der Waals surface area contributed by atoms with Gasteiger partial charge in [-0.25, -0.2) is 18.1 Å². The fraction of sp³-hybridized carbons (Fsp3) is 0.571. The molecule has 2 aromatic rings. The molecule has 1 saturated heterocycles. The molecular weight excluding hydrogens is 502 g/mol. The largest absolute Gasteiger partial charge is 0.394 e. The van der Waals surface area contributed by atoms with E-state index >= 15 is 0 Å². The molecule has 3 aliphatic carbocycles. The summed E-state index contributed by atoms with van der Waals surface area (Å²) in [6, 6.07) is 9.94. The number of sulfonamides is 1. The van der Waals surface area contributed by atoms with Gasteiger partial charge >= 0.3 is 0 Å². The molecule has 38 heavy (non-hydrogen) atoms. The molecule has 1 aromatic heterocycles. The molecule has 10 heteroatoms. The van der Waals surface area contributed by atoms with E-state index in [1.807, 2.05) is 6.92 Å². The molecular formula is C28H37N5O4S. The minimum Gasteiger partial charge on any atom is -0.394 e. The summed E-state index contributed by atoms with van der Waals surface area (Å²) in [5.74, 6) is 0.945. The lowest BCUT2D eigenvalue weighted by Crippen LogP contribution is -2.50. The maximum Gasteiger partial charge on any atom is 0.259 e. The average molecular weight is 540 g/mol. The lowest BCUT2D eigenvalue weighted by Gasteiger charge is -2.38. The highest BCUT2D eigenvalue weighted by molar-refractivity contribution is 7.89. The number of aliphatic hydroxyl groups excluding tert-OH is 1. The van der Waals surface area contributed by atoms with E-state index in [9.17, 15) is 18.3 Å². The van der Waals surface area contributed by atoms with Crippen LogP contribution in [0, 0.1) is 5.41 Å². The van der Waals surface area contributed by atoms with E-state index in [-0.39, 0.29) is 22.9 Å². The molecule has 204 valence electrons. The van der Waals surface area contributed by atoms with Crippen LogP contribution in [0.4, 0.5) is 17.3 Å². The lowest BCUT2D eigenvalue weighted by molar-refractivity contribution is 0.102. The standard InChI is InChI=1S/C28H37N5O4S/c1-26(8-3-9-26)32-38(36,37)21-5-2-4-20(18-21)29-25(35)22-6-7-23(31-28(19-34)12-13-28)30-24(22)33-16-14-27(10-11-27)15-17-33/h2,4-7,18,32,34H,3,8-17,19H2,1H3,(H,29,35)(H,30,31). The highest BCUT2D eigenvalue weighted by Gasteiger charge is 2.45. The molecule has 1 amide bonds. The number of benzene rings is 1. The van der Waals surface area contributed by atoms with Crippen molar-refractivity contribution in [2.24, 2.45) is 5.41 Å². The van der Waals surface area contributed by atoms with Crippen molar-refractivity contribution in [3.63, 3.8) is 0 Å². The van der Waals surface area contributed by atoms with Crippen molar-refractivity contribution < 1.29 is 18.3 Å². The summed E-state index contributed by atoms with van der Waals surface area (Å²) in [5.41, 5.74) is 0.629. The summed E-state index contributed by atoms with van der Waals surface area (Å²) in [5, 5.41) is 16.0. The highest BCUT2D eigenvalue weighted by atomic mass is 32.2. The second kappa shape index (κ2) is 9.20. The van der Waals surface area contributed by atoms with E-state index in [4.69, 9.17) is 4.98 Å². The zero-order valence-corrected chi connectivity index (χ0v) is 22.7. The van der Waals surface area contributed by atoms with E-state index in [0.717, 1.165) is 58.0 Å². The van der Waals surface area contributed by atoms with Crippen LogP contribution in [-0.4, -0.2) is 55.2 Å². The van der Waals surface area contributed by atoms with Crippen LogP contribution in [0.15, 0.2) is 41.3 Å². The van der Waals surface area contributed by atoms with Crippen molar-refractivity contribution in [1.82, 2.24) is 9.71 Å². The van der Waals surface area contributed by atoms with E-state index < -0.39 is 15.6 Å². The fourth-order valence-electron chi connectivity index (χ4n) is 5.68. The smallest absolute Gasteiger partial charge is 0.259 e. The number of carbonyl (C=O) groups is 1. The number of pyridine rings is 1. The molecule has 1 aromatic carbocycles. The molecule has 9 nitrogen and oxygen atoms in total. The zero-order valence-electron chi connectivity index (χ0n) is 21.9. The fourth-order valence-corrected chi connectivity index (χ4v) is 7.19. The van der Waals surface area contributed by atoms with E-state index in [0.29, 0.717) is 28.3 Å². The normalized spacial score (nSPS) is 22.4. The van der Waals surface area contributed by atoms with Crippen LogP contribution in [0.1, 0.15) is 75.1 Å². The quantitative estimate of drug-likeness (QED) is 0.381. The number of piperidine rings is 1. The van der Waals surface area contributed by atoms with Crippen molar-refractivity contribution in [1.29, 1.82) is 0 Å². The molecule has 2 heterocycles. The zero-order chi connectivity index (χ0) is 26.6. The second-order valence-corrected chi connectivity index (χ2v) is 13.8. The van der Waals surface area contributed by atoms with Gasteiger partial charge in [0.05, 0.1) is 22.6 Å². The molecule has 0 unspecified atom stereocenters. The number of nitrogens with zero attached hydrogens (tertiary/aromatic N) is 2. The van der Waals surface area contributed by atoms with Gasteiger partial charge in [0.2, 0.25) is 10.0 Å². The Morgan fingerprint density at radius 1 is 1.03 bits per heavy atom. The van der Waals surface area contributed by atoms with Gasteiger partial charge in [0.15, 0.2) is 0 Å². The highest BCUT2D eigenvalue weighted by Crippen LogP contribution is 2.54. The van der Waals surface area contributed by atoms with Crippen molar-refractivity contribution in [3.8, 4) is 0 Å². The molecule has 4 N–H and O–H groups in total. The number of rotatable bonds is 9. The number of nitrogens with one attached hydrogen (secondary N) is 3. The number of aromatic nitrogens is 1. The molecule has 1 spiro atoms. The van der Waals surface area contributed by atoms with Crippen LogP contribution in [0.3, 0.4) is 0 Å². The predicted molar refractivity (Wildman–Crippen MR) is 147 cm³/mol. The molecule has 6 rings (SSSR count). The van der Waals surface area contributed by atoms with Gasteiger partial charge in [-0.2, -0.15) is 0 Å². The summed E-state index contributed by atoms with van der Waals surface area (Å²) in [6.07, 6.45) is 9.20. The lowest BCUT2D eigenvalue weighted by atomic mass is 9.80. The molecule has 1 aliphatic heterocycles. The van der Waals surface area contributed by atoms with Crippen LogP contribution in [-0.2, 0) is 10.0 Å². The van der Waals surface area contributed by atoms with Crippen LogP contribution in [0.5, 0.6) is 0 Å². The minimum atomic E-state index is -3.70. The number of amides is 1. The molecule has 4 fully saturated rings. The van der Waals surface area contributed by atoms with Gasteiger partial charge in [-0.3, -0.25) is 4.79 Å². The van der Waals surface area contributed by atoms with Crippen molar-refractivity contribution in [2.75, 3.05) is 35.2 Å². The molecule has 0 radical (unpaired) electrons. The van der Waals surface area contributed by atoms with Crippen molar-refractivity contribution in [3.05, 3.63) is 42.0 Å². The summed E-state index contributed by atoms with van der Waals surface area (Å²) in [7, 11) is -3.70. The number of carbonyl (C=O) groups excluding carboxylic acids is 1. The van der Waals surface area contributed by atoms with E-state index in [1.165, 1.54) is 18.9 Å². The van der Waals surface area contributed by atoms with Gasteiger partial charge in [0, 0.05) is 24.3 Å². The van der Waals surface area contributed by atoms with Gasteiger partial charge in [0.25, 0.3) is 5.91 Å². The Hall–Kier alpha value is -2.69. The van der Waals surface area contributed by atoms with Crippen LogP contribution in [0.25, 0.3) is 0 Å². The third kappa shape index (κ3) is 5.13. The van der Waals surface area contributed by atoms with Gasteiger partial charge in [-0.15, -0.1) is 0 Å². The number of hydrogen-bond acceptors (Lipinski definition) is 7. The maximum absolute atomic E-state index is 13.5. The summed E-state index contributed by atoms with van der Waals surface area (Å²) >= 11 is 0. The topological polar surface area (TPSA) is 124 Å². The Labute approximate surface area is 224 Å². The average Bonchev–Trinajstić information content (AvgIpc) is 3.82. The van der Waals surface area contributed by atoms with Gasteiger partial charge in [-0.05, 0) is 100 Å². The van der Waals surface area contributed by atoms with Gasteiger partial charge in [-0.1, -0.05) is 6.07 Å². The first-order valence-corrected chi connectivity index (χ1v) is 15.2. The summed E-state index contributed by atoms with van der Waals surface area (Å²) in [4.78, 5) is 20.7. The van der Waals surface area contributed by atoms with Crippen LogP contribution in [0.2, 0.25) is 0 Å². The molecule has 4 aliphatic rings. The maximum atomic E-state index is 13.5.